The van der Waals surface area contributed by atoms with Crippen LogP contribution in [0.4, 0.5) is 10.1 Å². The van der Waals surface area contributed by atoms with Gasteiger partial charge in [-0.3, -0.25) is 9.40 Å². The highest BCUT2D eigenvalue weighted by Gasteiger charge is 2.21. The normalized spacial score (nSPS) is 11.3. The van der Waals surface area contributed by atoms with Gasteiger partial charge in [0.25, 0.3) is 10.0 Å². The van der Waals surface area contributed by atoms with E-state index in [1.165, 1.54) is 19.3 Å². The minimum absolute atomic E-state index is 0.141. The Bertz CT molecular complexity index is 770. The number of aromatic carboxylic acids is 1. The molecular formula is C11H10FN3O4S. The van der Waals surface area contributed by atoms with Crippen molar-refractivity contribution in [3.63, 3.8) is 0 Å². The third-order valence-corrected chi connectivity index (χ3v) is 3.95. The van der Waals surface area contributed by atoms with Crippen molar-refractivity contribution in [2.45, 2.75) is 5.03 Å². The minimum Gasteiger partial charge on any atom is -0.478 e. The fourth-order valence-corrected chi connectivity index (χ4v) is 2.81. The molecule has 0 unspecified atom stereocenters. The predicted molar refractivity (Wildman–Crippen MR) is 67.4 cm³/mol. The second kappa shape index (κ2) is 4.93. The van der Waals surface area contributed by atoms with Crippen LogP contribution in [0.1, 0.15) is 10.4 Å². The summed E-state index contributed by atoms with van der Waals surface area (Å²) in [6.07, 6.45) is 1.29. The first-order valence-electron chi connectivity index (χ1n) is 5.35. The van der Waals surface area contributed by atoms with Crippen molar-refractivity contribution in [2.24, 2.45) is 7.05 Å². The summed E-state index contributed by atoms with van der Waals surface area (Å²) < 4.78 is 40.4. The van der Waals surface area contributed by atoms with Gasteiger partial charge in [0.05, 0.1) is 17.4 Å². The zero-order valence-electron chi connectivity index (χ0n) is 10.2. The quantitative estimate of drug-likeness (QED) is 0.879. The van der Waals surface area contributed by atoms with Crippen LogP contribution >= 0.6 is 0 Å². The highest BCUT2D eigenvalue weighted by molar-refractivity contribution is 7.92. The van der Waals surface area contributed by atoms with E-state index in [1.54, 1.807) is 0 Å². The van der Waals surface area contributed by atoms with E-state index in [9.17, 15) is 17.6 Å². The average Bonchev–Trinajstić information content (AvgIpc) is 2.78. The number of nitrogens with one attached hydrogen (secondary N) is 1. The molecule has 2 rings (SSSR count). The Balaban J connectivity index is 2.45. The number of aryl methyl sites for hydroxylation is 1. The standard InChI is InChI=1S/C11H10FN3O4S/c1-15-10(4-5-13-15)20(18,19)14-9-3-2-7(12)6-8(9)11(16)17/h2-6,14H,1H3,(H,16,17). The third kappa shape index (κ3) is 2.62. The topological polar surface area (TPSA) is 101 Å². The maximum Gasteiger partial charge on any atom is 0.337 e. The van der Waals surface area contributed by atoms with Crippen molar-refractivity contribution in [1.29, 1.82) is 0 Å². The van der Waals surface area contributed by atoms with Crippen LogP contribution in [-0.4, -0.2) is 29.3 Å². The molecule has 9 heteroatoms. The molecule has 1 aromatic heterocycles. The molecule has 0 amide bonds. The van der Waals surface area contributed by atoms with Crippen molar-refractivity contribution < 1.29 is 22.7 Å². The average molecular weight is 299 g/mol. The molecule has 0 spiro atoms. The summed E-state index contributed by atoms with van der Waals surface area (Å²) in [4.78, 5) is 11.0. The largest absolute Gasteiger partial charge is 0.478 e. The van der Waals surface area contributed by atoms with Crippen LogP contribution < -0.4 is 4.72 Å². The highest BCUT2D eigenvalue weighted by Crippen LogP contribution is 2.21. The molecule has 0 aliphatic carbocycles. The lowest BCUT2D eigenvalue weighted by Gasteiger charge is -2.10. The molecule has 0 saturated heterocycles. The van der Waals surface area contributed by atoms with Gasteiger partial charge >= 0.3 is 5.97 Å². The second-order valence-electron chi connectivity index (χ2n) is 3.89. The van der Waals surface area contributed by atoms with Crippen molar-refractivity contribution in [1.82, 2.24) is 9.78 Å². The first-order chi connectivity index (χ1) is 9.31. The van der Waals surface area contributed by atoms with Gasteiger partial charge < -0.3 is 5.11 Å². The summed E-state index contributed by atoms with van der Waals surface area (Å²) >= 11 is 0. The molecule has 7 nitrogen and oxygen atoms in total. The van der Waals surface area contributed by atoms with Gasteiger partial charge in [0.2, 0.25) is 0 Å². The number of carboxylic acids is 1. The van der Waals surface area contributed by atoms with E-state index in [1.807, 2.05) is 0 Å². The maximum absolute atomic E-state index is 13.0. The van der Waals surface area contributed by atoms with Crippen LogP contribution in [0.3, 0.4) is 0 Å². The van der Waals surface area contributed by atoms with Gasteiger partial charge in [0.15, 0.2) is 5.03 Å². The van der Waals surface area contributed by atoms with Crippen LogP contribution in [0.25, 0.3) is 0 Å². The SMILES string of the molecule is Cn1nccc1S(=O)(=O)Nc1ccc(F)cc1C(=O)O. The van der Waals surface area contributed by atoms with Gasteiger partial charge in [-0.15, -0.1) is 0 Å². The summed E-state index contributed by atoms with van der Waals surface area (Å²) in [5.41, 5.74) is -0.698. The Morgan fingerprint density at radius 3 is 2.65 bits per heavy atom. The molecule has 0 aliphatic heterocycles. The molecular weight excluding hydrogens is 289 g/mol. The lowest BCUT2D eigenvalue weighted by atomic mass is 10.2. The number of hydrogen-bond acceptors (Lipinski definition) is 4. The van der Waals surface area contributed by atoms with Crippen molar-refractivity contribution >= 4 is 21.7 Å². The molecule has 106 valence electrons. The van der Waals surface area contributed by atoms with Crippen molar-refractivity contribution in [3.05, 3.63) is 41.8 Å². The summed E-state index contributed by atoms with van der Waals surface area (Å²) in [5.74, 6) is -2.21. The van der Waals surface area contributed by atoms with Crippen LogP contribution in [-0.2, 0) is 17.1 Å². The number of hydrogen-bond donors (Lipinski definition) is 2. The van der Waals surface area contributed by atoms with Gasteiger partial charge in [-0.2, -0.15) is 13.5 Å². The van der Waals surface area contributed by atoms with E-state index in [4.69, 9.17) is 5.11 Å². The van der Waals surface area contributed by atoms with Gasteiger partial charge in [-0.25, -0.2) is 9.18 Å². The number of carbonyl (C=O) groups is 1. The second-order valence-corrected chi connectivity index (χ2v) is 5.52. The van der Waals surface area contributed by atoms with Crippen molar-refractivity contribution in [2.75, 3.05) is 4.72 Å². The summed E-state index contributed by atoms with van der Waals surface area (Å²) in [7, 11) is -2.58. The van der Waals surface area contributed by atoms with Crippen molar-refractivity contribution in [3.8, 4) is 0 Å². The molecule has 0 aliphatic rings. The molecule has 20 heavy (non-hydrogen) atoms. The Hall–Kier alpha value is -2.42. The Labute approximate surface area is 113 Å². The zero-order chi connectivity index (χ0) is 14.9. The number of nitrogens with zero attached hydrogens (tertiary/aromatic N) is 2. The molecule has 2 N–H and O–H groups in total. The fraction of sp³-hybridized carbons (Fsp3) is 0.0909. The van der Waals surface area contributed by atoms with Crippen LogP contribution in [0, 0.1) is 5.82 Å². The van der Waals surface area contributed by atoms with Gasteiger partial charge in [0.1, 0.15) is 5.82 Å². The first kappa shape index (κ1) is 14.0. The Kier molecular flexibility index (Phi) is 3.45. The van der Waals surface area contributed by atoms with E-state index in [0.29, 0.717) is 0 Å². The number of anilines is 1. The summed E-state index contributed by atoms with van der Waals surface area (Å²) in [6.45, 7) is 0. The summed E-state index contributed by atoms with van der Waals surface area (Å²) in [5, 5.41) is 12.5. The Morgan fingerprint density at radius 2 is 2.10 bits per heavy atom. The smallest absolute Gasteiger partial charge is 0.337 e. The molecule has 1 aromatic carbocycles. The van der Waals surface area contributed by atoms with E-state index >= 15 is 0 Å². The minimum atomic E-state index is -4.00. The van der Waals surface area contributed by atoms with E-state index in [2.05, 4.69) is 9.82 Å². The van der Waals surface area contributed by atoms with Gasteiger partial charge in [-0.1, -0.05) is 0 Å². The molecule has 0 saturated carbocycles. The third-order valence-electron chi connectivity index (χ3n) is 2.51. The Morgan fingerprint density at radius 1 is 1.40 bits per heavy atom. The molecule has 0 radical (unpaired) electrons. The molecule has 1 heterocycles. The molecule has 0 fully saturated rings. The van der Waals surface area contributed by atoms with E-state index in [-0.39, 0.29) is 10.7 Å². The maximum atomic E-state index is 13.0. The van der Waals surface area contributed by atoms with Crippen LogP contribution in [0.15, 0.2) is 35.5 Å². The number of sulfonamides is 1. The van der Waals surface area contributed by atoms with Crippen LogP contribution in [0.2, 0.25) is 0 Å². The molecule has 0 bridgehead atoms. The van der Waals surface area contributed by atoms with E-state index < -0.39 is 27.4 Å². The van der Waals surface area contributed by atoms with E-state index in [0.717, 1.165) is 22.9 Å². The lowest BCUT2D eigenvalue weighted by Crippen LogP contribution is -2.18. The molecule has 0 atom stereocenters. The number of halogens is 1. The molecule has 2 aromatic rings. The number of benzene rings is 1. The lowest BCUT2D eigenvalue weighted by molar-refractivity contribution is 0.0697. The summed E-state index contributed by atoms with van der Waals surface area (Å²) in [6, 6.07) is 4.01. The van der Waals surface area contributed by atoms with Crippen LogP contribution in [0.5, 0.6) is 0 Å². The zero-order valence-corrected chi connectivity index (χ0v) is 11.1. The number of aromatic nitrogens is 2. The highest BCUT2D eigenvalue weighted by atomic mass is 32.2. The van der Waals surface area contributed by atoms with Gasteiger partial charge in [-0.05, 0) is 24.3 Å². The fourth-order valence-electron chi connectivity index (χ4n) is 1.60. The first-order valence-corrected chi connectivity index (χ1v) is 6.83. The van der Waals surface area contributed by atoms with Gasteiger partial charge in [0, 0.05) is 7.05 Å². The monoisotopic (exact) mass is 299 g/mol. The number of rotatable bonds is 4. The number of carboxylic acid groups (broad SMARTS) is 1. The predicted octanol–water partition coefficient (Wildman–Crippen LogP) is 1.06.